The van der Waals surface area contributed by atoms with E-state index < -0.39 is 11.7 Å². The van der Waals surface area contributed by atoms with E-state index in [-0.39, 0.29) is 4.87 Å². The van der Waals surface area contributed by atoms with Gasteiger partial charge in [-0.15, -0.1) is 11.6 Å². The molecule has 28 heavy (non-hydrogen) atoms. The smallest absolute Gasteiger partial charge is 0.296 e. The number of Topliss-reactive ketones (excluding diaryl/α,β-unsaturated/α-hetero) is 1. The van der Waals surface area contributed by atoms with Crippen molar-refractivity contribution in [1.29, 1.82) is 0 Å². The lowest BCUT2D eigenvalue weighted by atomic mass is 9.97. The number of aromatic nitrogens is 1. The van der Waals surface area contributed by atoms with Gasteiger partial charge in [0.15, 0.2) is 0 Å². The predicted octanol–water partition coefficient (Wildman–Crippen LogP) is 5.46. The predicted molar refractivity (Wildman–Crippen MR) is 114 cm³/mol. The third-order valence-corrected chi connectivity index (χ3v) is 5.37. The fourth-order valence-electron chi connectivity index (χ4n) is 3.20. The fourth-order valence-corrected chi connectivity index (χ4v) is 3.53. The summed E-state index contributed by atoms with van der Waals surface area (Å²) in [5.41, 5.74) is 3.70. The zero-order valence-electron chi connectivity index (χ0n) is 16.1. The average Bonchev–Trinajstić information content (AvgIpc) is 2.90. The highest BCUT2D eigenvalue weighted by molar-refractivity contribution is 6.47. The average molecular weight is 417 g/mol. The lowest BCUT2D eigenvalue weighted by Gasteiger charge is -2.21. The first-order valence-electron chi connectivity index (χ1n) is 9.01. The van der Waals surface area contributed by atoms with Crippen LogP contribution in [0.3, 0.4) is 0 Å². The van der Waals surface area contributed by atoms with Crippen LogP contribution in [-0.4, -0.2) is 21.1 Å². The molecule has 0 saturated heterocycles. The number of nitrogens with zero attached hydrogens (tertiary/aromatic N) is 1. The second-order valence-corrected chi connectivity index (χ2v) is 8.56. The van der Waals surface area contributed by atoms with E-state index in [0.717, 1.165) is 23.4 Å². The molecule has 0 bridgehead atoms. The number of carbonyl (C=O) groups excluding carboxylic acids is 2. The highest BCUT2D eigenvalue weighted by atomic mass is 35.5. The number of benzene rings is 1. The molecule has 2 aromatic rings. The van der Waals surface area contributed by atoms with Gasteiger partial charge in [-0.3, -0.25) is 9.59 Å². The van der Waals surface area contributed by atoms with Crippen LogP contribution in [0.1, 0.15) is 35.1 Å². The van der Waals surface area contributed by atoms with Crippen LogP contribution in [0.15, 0.2) is 54.1 Å². The Hall–Kier alpha value is -2.30. The lowest BCUT2D eigenvalue weighted by molar-refractivity contribution is -0.112. The fraction of sp³-hybridized carbons (Fsp3) is 0.273. The van der Waals surface area contributed by atoms with E-state index in [2.05, 4.69) is 11.4 Å². The monoisotopic (exact) mass is 416 g/mol. The van der Waals surface area contributed by atoms with E-state index in [9.17, 15) is 9.59 Å². The Bertz CT molecular complexity index is 1000. The van der Waals surface area contributed by atoms with Gasteiger partial charge in [0, 0.05) is 34.2 Å². The van der Waals surface area contributed by atoms with Crippen LogP contribution in [0.4, 0.5) is 5.69 Å². The van der Waals surface area contributed by atoms with Crippen LogP contribution in [0, 0.1) is 13.8 Å². The summed E-state index contributed by atoms with van der Waals surface area (Å²) >= 11 is 12.2. The Kier molecular flexibility index (Phi) is 5.82. The van der Waals surface area contributed by atoms with Gasteiger partial charge in [-0.05, 0) is 57.0 Å². The number of nitrogens with one attached hydrogen (secondary N) is 1. The van der Waals surface area contributed by atoms with Crippen molar-refractivity contribution in [3.8, 4) is 0 Å². The van der Waals surface area contributed by atoms with Crippen molar-refractivity contribution in [3.05, 3.63) is 76.1 Å². The number of ketones is 1. The summed E-state index contributed by atoms with van der Waals surface area (Å²) in [5, 5.41) is 3.10. The highest BCUT2D eigenvalue weighted by Crippen LogP contribution is 2.28. The zero-order valence-corrected chi connectivity index (χ0v) is 17.6. The summed E-state index contributed by atoms with van der Waals surface area (Å²) in [4.78, 5) is 24.8. The molecule has 0 radical (unpaired) electrons. The Balaban J connectivity index is 1.77. The third kappa shape index (κ3) is 4.57. The summed E-state index contributed by atoms with van der Waals surface area (Å²) in [6.45, 7) is 6.38. The lowest BCUT2D eigenvalue weighted by Crippen LogP contribution is -2.23. The van der Waals surface area contributed by atoms with E-state index in [4.69, 9.17) is 23.2 Å². The summed E-state index contributed by atoms with van der Waals surface area (Å²) < 4.78 is 2.03. The van der Waals surface area contributed by atoms with E-state index in [1.165, 1.54) is 0 Å². The van der Waals surface area contributed by atoms with Gasteiger partial charge < -0.3 is 9.88 Å². The molecule has 1 unspecified atom stereocenters. The number of hydrogen-bond acceptors (Lipinski definition) is 2. The zero-order chi connectivity index (χ0) is 20.5. The molecule has 1 amide bonds. The van der Waals surface area contributed by atoms with Gasteiger partial charge in [0.25, 0.3) is 11.7 Å². The van der Waals surface area contributed by atoms with E-state index in [1.54, 1.807) is 30.3 Å². The van der Waals surface area contributed by atoms with Crippen molar-refractivity contribution in [3.63, 3.8) is 0 Å². The van der Waals surface area contributed by atoms with Gasteiger partial charge in [-0.1, -0.05) is 35.9 Å². The molecule has 4 nitrogen and oxygen atoms in total. The normalized spacial score (nSPS) is 18.7. The quantitative estimate of drug-likeness (QED) is 0.399. The number of halogens is 2. The minimum atomic E-state index is -0.683. The maximum Gasteiger partial charge on any atom is 0.296 e. The molecule has 3 rings (SSSR count). The molecule has 146 valence electrons. The topological polar surface area (TPSA) is 51.1 Å². The molecule has 0 fully saturated rings. The third-order valence-electron chi connectivity index (χ3n) is 4.86. The van der Waals surface area contributed by atoms with Crippen molar-refractivity contribution in [2.24, 2.45) is 0 Å². The number of anilines is 1. The Morgan fingerprint density at radius 2 is 2.00 bits per heavy atom. The van der Waals surface area contributed by atoms with Crippen molar-refractivity contribution in [2.75, 3.05) is 5.32 Å². The van der Waals surface area contributed by atoms with Crippen LogP contribution in [0.2, 0.25) is 5.02 Å². The van der Waals surface area contributed by atoms with Gasteiger partial charge in [-0.2, -0.15) is 0 Å². The Morgan fingerprint density at radius 3 is 2.64 bits per heavy atom. The van der Waals surface area contributed by atoms with Crippen molar-refractivity contribution in [2.45, 2.75) is 38.6 Å². The second-order valence-electron chi connectivity index (χ2n) is 7.26. The highest BCUT2D eigenvalue weighted by Gasteiger charge is 2.23. The summed E-state index contributed by atoms with van der Waals surface area (Å²) in [5.74, 6) is -1.25. The first-order chi connectivity index (χ1) is 13.2. The molecule has 0 aliphatic heterocycles. The molecule has 1 aliphatic rings. The maximum absolute atomic E-state index is 12.7. The maximum atomic E-state index is 12.7. The van der Waals surface area contributed by atoms with Crippen LogP contribution in [0.5, 0.6) is 0 Å². The Morgan fingerprint density at radius 1 is 1.25 bits per heavy atom. The molecular formula is C22H22Cl2N2O2. The minimum Gasteiger partial charge on any atom is -0.344 e. The number of hydrogen-bond donors (Lipinski definition) is 1. The number of allylic oxidation sites excluding steroid dienone is 4. The summed E-state index contributed by atoms with van der Waals surface area (Å²) in [6, 6.07) is 8.46. The minimum absolute atomic E-state index is 0.343. The number of amides is 1. The van der Waals surface area contributed by atoms with Crippen LogP contribution < -0.4 is 5.32 Å². The van der Waals surface area contributed by atoms with Gasteiger partial charge >= 0.3 is 0 Å². The summed E-state index contributed by atoms with van der Waals surface area (Å²) in [6.07, 6.45) is 6.87. The summed E-state index contributed by atoms with van der Waals surface area (Å²) in [7, 11) is 0. The number of alkyl halides is 1. The molecule has 0 spiro atoms. The molecule has 1 aromatic carbocycles. The van der Waals surface area contributed by atoms with Gasteiger partial charge in [0.05, 0.1) is 4.87 Å². The molecule has 6 heteroatoms. The SMILES string of the molecule is Cc1cc(C(=O)C(=O)Nc2cccc(Cl)c2)c(C)n1CC1=CCC(C)(Cl)C=C1. The molecule has 1 aliphatic carbocycles. The molecular weight excluding hydrogens is 395 g/mol. The first kappa shape index (κ1) is 20.4. The van der Waals surface area contributed by atoms with E-state index in [0.29, 0.717) is 22.8 Å². The van der Waals surface area contributed by atoms with E-state index >= 15 is 0 Å². The number of rotatable bonds is 5. The van der Waals surface area contributed by atoms with E-state index in [1.807, 2.05) is 37.5 Å². The van der Waals surface area contributed by atoms with Gasteiger partial charge in [0.2, 0.25) is 0 Å². The molecule has 1 atom stereocenters. The van der Waals surface area contributed by atoms with Crippen molar-refractivity contribution in [1.82, 2.24) is 4.57 Å². The van der Waals surface area contributed by atoms with Crippen LogP contribution in [0.25, 0.3) is 0 Å². The van der Waals surface area contributed by atoms with Crippen molar-refractivity contribution < 1.29 is 9.59 Å². The molecule has 0 saturated carbocycles. The number of aryl methyl sites for hydroxylation is 1. The standard InChI is InChI=1S/C22H22Cl2N2O2/c1-14-11-19(20(27)21(28)25-18-6-4-5-17(23)12-18)15(2)26(14)13-16-7-9-22(3,24)10-8-16/h4-9,11-12H,10,13H2,1-3H3,(H,25,28). The van der Waals surface area contributed by atoms with Crippen LogP contribution >= 0.6 is 23.2 Å². The molecule has 1 N–H and O–H groups in total. The largest absolute Gasteiger partial charge is 0.344 e. The van der Waals surface area contributed by atoms with Crippen molar-refractivity contribution >= 4 is 40.6 Å². The van der Waals surface area contributed by atoms with Gasteiger partial charge in [0.1, 0.15) is 0 Å². The molecule has 1 heterocycles. The van der Waals surface area contributed by atoms with Gasteiger partial charge in [-0.25, -0.2) is 0 Å². The Labute approximate surface area is 174 Å². The number of carbonyl (C=O) groups is 2. The van der Waals surface area contributed by atoms with Crippen LogP contribution in [-0.2, 0) is 11.3 Å². The first-order valence-corrected chi connectivity index (χ1v) is 9.77. The second kappa shape index (κ2) is 7.98. The molecule has 1 aromatic heterocycles.